The normalized spacial score (nSPS) is 18.0. The highest BCUT2D eigenvalue weighted by atomic mass is 32.2. The molecule has 0 saturated carbocycles. The summed E-state index contributed by atoms with van der Waals surface area (Å²) in [4.78, 5) is 24.2. The number of methoxy groups -OCH3 is 1. The van der Waals surface area contributed by atoms with Crippen LogP contribution >= 0.6 is 11.8 Å². The molecule has 0 aromatic heterocycles. The molecular weight excluding hydrogens is 216 g/mol. The van der Waals surface area contributed by atoms with Gasteiger partial charge in [0.05, 0.1) is 6.61 Å². The summed E-state index contributed by atoms with van der Waals surface area (Å²) in [7, 11) is 1.59. The number of nitrogens with one attached hydrogen (secondary N) is 1. The summed E-state index contributed by atoms with van der Waals surface area (Å²) in [6.07, 6.45) is 0. The zero-order valence-electron chi connectivity index (χ0n) is 8.99. The van der Waals surface area contributed by atoms with Crippen LogP contribution in [-0.4, -0.2) is 54.6 Å². The minimum atomic E-state index is -0.129. The minimum absolute atomic E-state index is 0.00968. The van der Waals surface area contributed by atoms with Gasteiger partial charge in [-0.05, 0) is 6.92 Å². The van der Waals surface area contributed by atoms with Gasteiger partial charge in [-0.2, -0.15) is 0 Å². The molecule has 1 unspecified atom stereocenters. The SMILES string of the molecule is COCC(C)NC(=O)CN1CCSC1=O. The zero-order chi connectivity index (χ0) is 11.3. The number of amides is 2. The summed E-state index contributed by atoms with van der Waals surface area (Å²) in [6.45, 7) is 3.16. The Morgan fingerprint density at radius 1 is 1.73 bits per heavy atom. The second-order valence-electron chi connectivity index (χ2n) is 3.46. The smallest absolute Gasteiger partial charge is 0.282 e. The Bertz CT molecular complexity index is 248. The summed E-state index contributed by atoms with van der Waals surface area (Å²) in [6, 6.07) is -0.0205. The number of hydrogen-bond donors (Lipinski definition) is 1. The van der Waals surface area contributed by atoms with Gasteiger partial charge in [-0.1, -0.05) is 11.8 Å². The van der Waals surface area contributed by atoms with Gasteiger partial charge >= 0.3 is 0 Å². The highest BCUT2D eigenvalue weighted by Crippen LogP contribution is 2.16. The lowest BCUT2D eigenvalue weighted by atomic mass is 10.3. The lowest BCUT2D eigenvalue weighted by Gasteiger charge is -2.17. The Labute approximate surface area is 93.5 Å². The molecule has 86 valence electrons. The summed E-state index contributed by atoms with van der Waals surface area (Å²) >= 11 is 1.26. The van der Waals surface area contributed by atoms with Crippen LogP contribution in [0, 0.1) is 0 Å². The summed E-state index contributed by atoms with van der Waals surface area (Å²) in [5, 5.41) is 2.75. The topological polar surface area (TPSA) is 58.6 Å². The van der Waals surface area contributed by atoms with E-state index in [4.69, 9.17) is 4.74 Å². The first-order chi connectivity index (χ1) is 7.13. The molecule has 15 heavy (non-hydrogen) atoms. The van der Waals surface area contributed by atoms with Crippen molar-refractivity contribution >= 4 is 22.9 Å². The first kappa shape index (κ1) is 12.3. The Balaban J connectivity index is 2.26. The maximum absolute atomic E-state index is 11.5. The Morgan fingerprint density at radius 3 is 3.00 bits per heavy atom. The molecule has 1 rings (SSSR count). The molecule has 2 amide bonds. The van der Waals surface area contributed by atoms with Crippen LogP contribution in [0.5, 0.6) is 0 Å². The van der Waals surface area contributed by atoms with Crippen molar-refractivity contribution in [3.63, 3.8) is 0 Å². The lowest BCUT2D eigenvalue weighted by Crippen LogP contribution is -2.42. The first-order valence-corrected chi connectivity index (χ1v) is 5.82. The summed E-state index contributed by atoms with van der Waals surface area (Å²) in [5.41, 5.74) is 0. The van der Waals surface area contributed by atoms with E-state index >= 15 is 0 Å². The van der Waals surface area contributed by atoms with E-state index in [9.17, 15) is 9.59 Å². The van der Waals surface area contributed by atoms with E-state index in [0.717, 1.165) is 5.75 Å². The monoisotopic (exact) mass is 232 g/mol. The van der Waals surface area contributed by atoms with Gasteiger partial charge in [0.25, 0.3) is 5.24 Å². The average Bonchev–Trinajstić information content (AvgIpc) is 2.52. The molecule has 0 aromatic carbocycles. The number of nitrogens with zero attached hydrogens (tertiary/aromatic N) is 1. The van der Waals surface area contributed by atoms with Crippen molar-refractivity contribution in [3.05, 3.63) is 0 Å². The molecule has 1 saturated heterocycles. The summed E-state index contributed by atoms with van der Waals surface area (Å²) in [5.74, 6) is 0.648. The number of carbonyl (C=O) groups is 2. The van der Waals surface area contributed by atoms with E-state index in [0.29, 0.717) is 13.2 Å². The van der Waals surface area contributed by atoms with Gasteiger partial charge in [0.2, 0.25) is 5.91 Å². The van der Waals surface area contributed by atoms with Crippen molar-refractivity contribution in [2.24, 2.45) is 0 Å². The second-order valence-corrected chi connectivity index (χ2v) is 4.51. The largest absolute Gasteiger partial charge is 0.383 e. The molecule has 0 spiro atoms. The van der Waals surface area contributed by atoms with Crippen molar-refractivity contribution < 1.29 is 14.3 Å². The third kappa shape index (κ3) is 4.09. The molecule has 1 atom stereocenters. The van der Waals surface area contributed by atoms with Crippen molar-refractivity contribution in [2.45, 2.75) is 13.0 Å². The fourth-order valence-corrected chi connectivity index (χ4v) is 2.18. The lowest BCUT2D eigenvalue weighted by molar-refractivity contribution is -0.122. The molecule has 1 N–H and O–H groups in total. The second kappa shape index (κ2) is 5.97. The highest BCUT2D eigenvalue weighted by Gasteiger charge is 2.23. The highest BCUT2D eigenvalue weighted by molar-refractivity contribution is 8.13. The third-order valence-corrected chi connectivity index (χ3v) is 2.90. The third-order valence-electron chi connectivity index (χ3n) is 2.00. The first-order valence-electron chi connectivity index (χ1n) is 4.83. The Morgan fingerprint density at radius 2 is 2.47 bits per heavy atom. The van der Waals surface area contributed by atoms with Crippen LogP contribution in [-0.2, 0) is 9.53 Å². The van der Waals surface area contributed by atoms with Crippen LogP contribution in [0.1, 0.15) is 6.92 Å². The van der Waals surface area contributed by atoms with Crippen LogP contribution in [0.3, 0.4) is 0 Å². The van der Waals surface area contributed by atoms with Gasteiger partial charge in [-0.15, -0.1) is 0 Å². The molecule has 1 heterocycles. The van der Waals surface area contributed by atoms with E-state index < -0.39 is 0 Å². The fraction of sp³-hybridized carbons (Fsp3) is 0.778. The molecule has 6 heteroatoms. The van der Waals surface area contributed by atoms with Crippen LogP contribution in [0.15, 0.2) is 0 Å². The van der Waals surface area contributed by atoms with Crippen LogP contribution < -0.4 is 5.32 Å². The standard InChI is InChI=1S/C9H16N2O3S/c1-7(6-14-2)10-8(12)5-11-3-4-15-9(11)13/h7H,3-6H2,1-2H3,(H,10,12). The molecule has 1 fully saturated rings. The van der Waals surface area contributed by atoms with Crippen LogP contribution in [0.25, 0.3) is 0 Å². The molecule has 0 bridgehead atoms. The predicted octanol–water partition coefficient (Wildman–Crippen LogP) is 0.306. The summed E-state index contributed by atoms with van der Waals surface area (Å²) < 4.78 is 4.90. The number of thioether (sulfide) groups is 1. The molecule has 5 nitrogen and oxygen atoms in total. The molecule has 1 aliphatic heterocycles. The van der Waals surface area contributed by atoms with Crippen molar-refractivity contribution in [1.29, 1.82) is 0 Å². The maximum atomic E-state index is 11.5. The zero-order valence-corrected chi connectivity index (χ0v) is 9.80. The Kier molecular flexibility index (Phi) is 4.90. The number of ether oxygens (including phenoxy) is 1. The Hall–Kier alpha value is -0.750. The minimum Gasteiger partial charge on any atom is -0.383 e. The quantitative estimate of drug-likeness (QED) is 0.741. The van der Waals surface area contributed by atoms with Crippen molar-refractivity contribution in [2.75, 3.05) is 32.6 Å². The van der Waals surface area contributed by atoms with Crippen LogP contribution in [0.2, 0.25) is 0 Å². The molecule has 0 aromatic rings. The van der Waals surface area contributed by atoms with E-state index in [1.54, 1.807) is 12.0 Å². The number of hydrogen-bond acceptors (Lipinski definition) is 4. The van der Waals surface area contributed by atoms with E-state index in [1.165, 1.54) is 11.8 Å². The van der Waals surface area contributed by atoms with Gasteiger partial charge in [0.1, 0.15) is 6.54 Å². The maximum Gasteiger partial charge on any atom is 0.282 e. The molecule has 0 aliphatic carbocycles. The van der Waals surface area contributed by atoms with Gasteiger partial charge in [-0.3, -0.25) is 9.59 Å². The van der Waals surface area contributed by atoms with E-state index in [1.807, 2.05) is 6.92 Å². The van der Waals surface area contributed by atoms with E-state index in [-0.39, 0.29) is 23.7 Å². The van der Waals surface area contributed by atoms with Gasteiger partial charge < -0.3 is 15.0 Å². The van der Waals surface area contributed by atoms with Crippen molar-refractivity contribution in [3.8, 4) is 0 Å². The predicted molar refractivity (Wildman–Crippen MR) is 58.9 cm³/mol. The van der Waals surface area contributed by atoms with Crippen molar-refractivity contribution in [1.82, 2.24) is 10.2 Å². The molecule has 0 radical (unpaired) electrons. The molecular formula is C9H16N2O3S. The average molecular weight is 232 g/mol. The van der Waals surface area contributed by atoms with Gasteiger partial charge in [-0.25, -0.2) is 0 Å². The van der Waals surface area contributed by atoms with Crippen LogP contribution in [0.4, 0.5) is 4.79 Å². The molecule has 1 aliphatic rings. The van der Waals surface area contributed by atoms with E-state index in [2.05, 4.69) is 5.32 Å². The van der Waals surface area contributed by atoms with Gasteiger partial charge in [0.15, 0.2) is 0 Å². The number of rotatable bonds is 5. The number of carbonyl (C=O) groups excluding carboxylic acids is 2. The van der Waals surface area contributed by atoms with Gasteiger partial charge in [0, 0.05) is 25.4 Å². The fourth-order valence-electron chi connectivity index (χ4n) is 1.35.